The summed E-state index contributed by atoms with van der Waals surface area (Å²) >= 11 is 0. The zero-order chi connectivity index (χ0) is 20.4. The fourth-order valence-corrected chi connectivity index (χ4v) is 5.10. The van der Waals surface area contributed by atoms with Crippen LogP contribution in [0.5, 0.6) is 0 Å². The lowest BCUT2D eigenvalue weighted by molar-refractivity contribution is -0.141. The van der Waals surface area contributed by atoms with E-state index in [0.29, 0.717) is 13.1 Å². The van der Waals surface area contributed by atoms with Crippen LogP contribution in [0.4, 0.5) is 0 Å². The highest BCUT2D eigenvalue weighted by atomic mass is 32.2. The quantitative estimate of drug-likeness (QED) is 0.767. The fourth-order valence-electron chi connectivity index (χ4n) is 3.38. The number of aliphatic carboxylic acids is 1. The molecule has 7 nitrogen and oxygen atoms in total. The lowest BCUT2D eigenvalue weighted by Crippen LogP contribution is -2.42. The van der Waals surface area contributed by atoms with Crippen LogP contribution in [-0.4, -0.2) is 48.8 Å². The van der Waals surface area contributed by atoms with Crippen LogP contribution in [0.2, 0.25) is 0 Å². The van der Waals surface area contributed by atoms with Gasteiger partial charge >= 0.3 is 5.97 Å². The normalized spacial score (nSPS) is 23.4. The molecule has 1 heterocycles. The zero-order valence-corrected chi connectivity index (χ0v) is 17.0. The average Bonchev–Trinajstić information content (AvgIpc) is 2.60. The molecule has 0 bridgehead atoms. The summed E-state index contributed by atoms with van der Waals surface area (Å²) < 4.78 is 27.5. The van der Waals surface area contributed by atoms with Crippen molar-refractivity contribution >= 4 is 21.9 Å². The third-order valence-corrected chi connectivity index (χ3v) is 6.90. The SMILES string of the molecule is CC1CC(C)CN(S(=O)(=O)c2cccc(C(=O)NC(C)C(C)C(=O)O)c2)C1. The molecule has 27 heavy (non-hydrogen) atoms. The van der Waals surface area contributed by atoms with Crippen molar-refractivity contribution in [2.24, 2.45) is 17.8 Å². The molecule has 1 aliphatic rings. The van der Waals surface area contributed by atoms with Crippen LogP contribution >= 0.6 is 0 Å². The molecule has 2 N–H and O–H groups in total. The van der Waals surface area contributed by atoms with E-state index in [9.17, 15) is 18.0 Å². The summed E-state index contributed by atoms with van der Waals surface area (Å²) in [7, 11) is -3.68. The molecule has 1 aromatic rings. The van der Waals surface area contributed by atoms with Crippen LogP contribution in [-0.2, 0) is 14.8 Å². The van der Waals surface area contributed by atoms with Crippen LogP contribution in [0, 0.1) is 17.8 Å². The number of amides is 1. The van der Waals surface area contributed by atoms with E-state index in [-0.39, 0.29) is 22.3 Å². The first-order chi connectivity index (χ1) is 12.5. The van der Waals surface area contributed by atoms with Crippen LogP contribution in [0.3, 0.4) is 0 Å². The molecule has 1 aromatic carbocycles. The van der Waals surface area contributed by atoms with E-state index in [4.69, 9.17) is 5.11 Å². The van der Waals surface area contributed by atoms with Crippen molar-refractivity contribution < 1.29 is 23.1 Å². The molecule has 8 heteroatoms. The smallest absolute Gasteiger partial charge is 0.308 e. The van der Waals surface area contributed by atoms with Gasteiger partial charge < -0.3 is 10.4 Å². The van der Waals surface area contributed by atoms with Gasteiger partial charge in [0.25, 0.3) is 5.91 Å². The maximum atomic E-state index is 13.0. The van der Waals surface area contributed by atoms with Crippen molar-refractivity contribution in [1.82, 2.24) is 9.62 Å². The Kier molecular flexibility index (Phi) is 6.64. The number of hydrogen-bond donors (Lipinski definition) is 2. The number of hydrogen-bond acceptors (Lipinski definition) is 4. The molecule has 1 amide bonds. The number of carbonyl (C=O) groups excluding carboxylic acids is 1. The van der Waals surface area contributed by atoms with Gasteiger partial charge in [0.1, 0.15) is 0 Å². The molecule has 4 atom stereocenters. The Labute approximate surface area is 160 Å². The van der Waals surface area contributed by atoms with E-state index < -0.39 is 33.9 Å². The third kappa shape index (κ3) is 5.07. The second-order valence-corrected chi connectivity index (χ2v) is 9.62. The molecule has 1 saturated heterocycles. The van der Waals surface area contributed by atoms with E-state index in [1.165, 1.54) is 35.5 Å². The predicted molar refractivity (Wildman–Crippen MR) is 102 cm³/mol. The van der Waals surface area contributed by atoms with Gasteiger partial charge in [0, 0.05) is 24.7 Å². The summed E-state index contributed by atoms with van der Waals surface area (Å²) in [6.45, 7) is 8.12. The number of piperidine rings is 1. The Hall–Kier alpha value is -1.93. The molecule has 1 aliphatic heterocycles. The molecular weight excluding hydrogens is 368 g/mol. The van der Waals surface area contributed by atoms with Crippen molar-refractivity contribution in [2.75, 3.05) is 13.1 Å². The van der Waals surface area contributed by atoms with Crippen LogP contribution < -0.4 is 5.32 Å². The van der Waals surface area contributed by atoms with Gasteiger partial charge in [-0.15, -0.1) is 0 Å². The molecule has 0 radical (unpaired) electrons. The van der Waals surface area contributed by atoms with Gasteiger partial charge in [0.2, 0.25) is 10.0 Å². The Morgan fingerprint density at radius 3 is 2.33 bits per heavy atom. The number of carboxylic acids is 1. The fraction of sp³-hybridized carbons (Fsp3) is 0.579. The molecular formula is C19H28N2O5S. The predicted octanol–water partition coefficient (Wildman–Crippen LogP) is 2.19. The van der Waals surface area contributed by atoms with Crippen LogP contribution in [0.15, 0.2) is 29.2 Å². The largest absolute Gasteiger partial charge is 0.481 e. The van der Waals surface area contributed by atoms with Crippen molar-refractivity contribution in [3.63, 3.8) is 0 Å². The zero-order valence-electron chi connectivity index (χ0n) is 16.2. The molecule has 0 spiro atoms. The Bertz CT molecular complexity index is 798. The first kappa shape index (κ1) is 21.4. The van der Waals surface area contributed by atoms with Crippen molar-refractivity contribution in [2.45, 2.75) is 45.1 Å². The maximum absolute atomic E-state index is 13.0. The second-order valence-electron chi connectivity index (χ2n) is 7.68. The van der Waals surface area contributed by atoms with Gasteiger partial charge in [-0.2, -0.15) is 4.31 Å². The molecule has 0 aliphatic carbocycles. The lowest BCUT2D eigenvalue weighted by Gasteiger charge is -2.34. The Morgan fingerprint density at radius 1 is 1.19 bits per heavy atom. The minimum atomic E-state index is -3.68. The van der Waals surface area contributed by atoms with Gasteiger partial charge in [-0.3, -0.25) is 9.59 Å². The van der Waals surface area contributed by atoms with Crippen LogP contribution in [0.1, 0.15) is 44.5 Å². The third-order valence-electron chi connectivity index (χ3n) is 5.07. The molecule has 2 rings (SSSR count). The van der Waals surface area contributed by atoms with Crippen molar-refractivity contribution in [3.05, 3.63) is 29.8 Å². The summed E-state index contributed by atoms with van der Waals surface area (Å²) in [6.07, 6.45) is 0.994. The van der Waals surface area contributed by atoms with Gasteiger partial charge in [0.15, 0.2) is 0 Å². The van der Waals surface area contributed by atoms with E-state index >= 15 is 0 Å². The highest BCUT2D eigenvalue weighted by Crippen LogP contribution is 2.27. The summed E-state index contributed by atoms with van der Waals surface area (Å²) in [5.41, 5.74) is 0.193. The number of nitrogens with zero attached hydrogens (tertiary/aromatic N) is 1. The number of rotatable bonds is 6. The molecule has 0 aromatic heterocycles. The molecule has 0 saturated carbocycles. The summed E-state index contributed by atoms with van der Waals surface area (Å²) in [5.74, 6) is -1.68. The van der Waals surface area contributed by atoms with E-state index in [1.807, 2.05) is 13.8 Å². The Balaban J connectivity index is 2.21. The van der Waals surface area contributed by atoms with Gasteiger partial charge in [-0.25, -0.2) is 8.42 Å². The molecule has 4 unspecified atom stereocenters. The maximum Gasteiger partial charge on any atom is 0.308 e. The number of benzene rings is 1. The second kappa shape index (κ2) is 8.39. The number of carboxylic acid groups (broad SMARTS) is 1. The minimum Gasteiger partial charge on any atom is -0.481 e. The highest BCUT2D eigenvalue weighted by Gasteiger charge is 2.32. The number of nitrogens with one attached hydrogen (secondary N) is 1. The monoisotopic (exact) mass is 396 g/mol. The molecule has 150 valence electrons. The minimum absolute atomic E-state index is 0.0791. The summed E-state index contributed by atoms with van der Waals surface area (Å²) in [5, 5.41) is 11.7. The van der Waals surface area contributed by atoms with E-state index in [0.717, 1.165) is 6.42 Å². The lowest BCUT2D eigenvalue weighted by atomic mass is 9.94. The van der Waals surface area contributed by atoms with Crippen LogP contribution in [0.25, 0.3) is 0 Å². The topological polar surface area (TPSA) is 104 Å². The number of carbonyl (C=O) groups is 2. The average molecular weight is 397 g/mol. The van der Waals surface area contributed by atoms with Crippen molar-refractivity contribution in [1.29, 1.82) is 0 Å². The highest BCUT2D eigenvalue weighted by molar-refractivity contribution is 7.89. The number of sulfonamides is 1. The first-order valence-electron chi connectivity index (χ1n) is 9.16. The van der Waals surface area contributed by atoms with Gasteiger partial charge in [-0.05, 0) is 50.3 Å². The summed E-state index contributed by atoms with van der Waals surface area (Å²) in [4.78, 5) is 23.5. The standard InChI is InChI=1S/C19H28N2O5S/c1-12-8-13(2)11-21(10-12)27(25,26)17-7-5-6-16(9-17)18(22)20-15(4)14(3)19(23)24/h5-7,9,12-15H,8,10-11H2,1-4H3,(H,20,22)(H,23,24). The van der Waals surface area contributed by atoms with Gasteiger partial charge in [-0.1, -0.05) is 19.9 Å². The molecule has 1 fully saturated rings. The van der Waals surface area contributed by atoms with Crippen molar-refractivity contribution in [3.8, 4) is 0 Å². The Morgan fingerprint density at radius 2 is 1.78 bits per heavy atom. The summed E-state index contributed by atoms with van der Waals surface area (Å²) in [6, 6.07) is 5.31. The van der Waals surface area contributed by atoms with Gasteiger partial charge in [0.05, 0.1) is 10.8 Å². The van der Waals surface area contributed by atoms with E-state index in [1.54, 1.807) is 6.92 Å². The van der Waals surface area contributed by atoms with E-state index in [2.05, 4.69) is 5.32 Å². The first-order valence-corrected chi connectivity index (χ1v) is 10.6.